The molecule has 0 radical (unpaired) electrons. The molecule has 122 valence electrons. The molecule has 1 aliphatic heterocycles. The second-order valence-corrected chi connectivity index (χ2v) is 4.40. The standard InChI is InChI=1S/C10H19N3O8/c1-3-20-9-6(16)4(14)5(15)7(21-9)8(17)11-10(18)13(2)12-19/h4-9,14-17H,3H2,1-2H3,(H,11,18)/t4-,5-,6+,7-,8?,9+/m0/s1. The van der Waals surface area contributed by atoms with Crippen LogP contribution in [0.4, 0.5) is 4.79 Å². The summed E-state index contributed by atoms with van der Waals surface area (Å²) in [4.78, 5) is 21.5. The van der Waals surface area contributed by atoms with Gasteiger partial charge in [0.2, 0.25) is 0 Å². The lowest BCUT2D eigenvalue weighted by atomic mass is 9.98. The first-order valence-electron chi connectivity index (χ1n) is 6.20. The Bertz CT molecular complexity index is 370. The predicted octanol–water partition coefficient (Wildman–Crippen LogP) is -2.53. The number of carbonyl (C=O) groups is 1. The molecule has 0 bridgehead atoms. The van der Waals surface area contributed by atoms with Gasteiger partial charge in [-0.2, -0.15) is 5.01 Å². The first kappa shape index (κ1) is 17.7. The largest absolute Gasteiger partial charge is 0.387 e. The number of aliphatic hydroxyl groups excluding tert-OH is 4. The average molecular weight is 309 g/mol. The molecule has 1 saturated heterocycles. The highest BCUT2D eigenvalue weighted by Crippen LogP contribution is 2.23. The number of ether oxygens (including phenoxy) is 2. The van der Waals surface area contributed by atoms with Crippen molar-refractivity contribution in [3.63, 3.8) is 0 Å². The molecule has 2 amide bonds. The molecule has 0 aromatic rings. The second kappa shape index (κ2) is 7.59. The maximum absolute atomic E-state index is 11.4. The Morgan fingerprint density at radius 2 is 2.00 bits per heavy atom. The minimum atomic E-state index is -1.76. The molecular weight excluding hydrogens is 290 g/mol. The van der Waals surface area contributed by atoms with Crippen LogP contribution >= 0.6 is 0 Å². The maximum Gasteiger partial charge on any atom is 0.342 e. The number of urea groups is 1. The number of hydrogen-bond acceptors (Lipinski definition) is 9. The normalized spacial score (nSPS) is 34.1. The van der Waals surface area contributed by atoms with E-state index in [9.17, 15) is 30.1 Å². The highest BCUT2D eigenvalue weighted by molar-refractivity contribution is 5.73. The summed E-state index contributed by atoms with van der Waals surface area (Å²) in [5.74, 6) is 0. The lowest BCUT2D eigenvalue weighted by Crippen LogP contribution is -2.64. The van der Waals surface area contributed by atoms with Crippen molar-refractivity contribution >= 4 is 6.03 Å². The Balaban J connectivity index is 2.74. The summed E-state index contributed by atoms with van der Waals surface area (Å²) in [6.45, 7) is 1.77. The molecule has 11 heteroatoms. The summed E-state index contributed by atoms with van der Waals surface area (Å²) >= 11 is 0. The van der Waals surface area contributed by atoms with Crippen LogP contribution in [0.25, 0.3) is 0 Å². The SMILES string of the molecule is CCO[C@@H]1O[C@H](C(O)NC(=O)N(C)N=O)[C@@H](O)[C@H](O)[C@H]1O. The van der Waals surface area contributed by atoms with Crippen molar-refractivity contribution in [2.75, 3.05) is 13.7 Å². The molecule has 0 spiro atoms. The van der Waals surface area contributed by atoms with Crippen LogP contribution in [0.15, 0.2) is 5.29 Å². The van der Waals surface area contributed by atoms with E-state index >= 15 is 0 Å². The van der Waals surface area contributed by atoms with Crippen molar-refractivity contribution in [1.82, 2.24) is 10.3 Å². The van der Waals surface area contributed by atoms with E-state index in [1.54, 1.807) is 6.92 Å². The van der Waals surface area contributed by atoms with E-state index < -0.39 is 43.0 Å². The molecular formula is C10H19N3O8. The van der Waals surface area contributed by atoms with Crippen LogP contribution in [0.3, 0.4) is 0 Å². The van der Waals surface area contributed by atoms with Crippen molar-refractivity contribution in [1.29, 1.82) is 0 Å². The zero-order valence-electron chi connectivity index (χ0n) is 11.5. The maximum atomic E-state index is 11.4. The van der Waals surface area contributed by atoms with Crippen LogP contribution in [0.2, 0.25) is 0 Å². The monoisotopic (exact) mass is 309 g/mol. The van der Waals surface area contributed by atoms with Gasteiger partial charge in [0.1, 0.15) is 24.4 Å². The zero-order chi connectivity index (χ0) is 16.2. The lowest BCUT2D eigenvalue weighted by molar-refractivity contribution is -0.310. The fourth-order valence-electron chi connectivity index (χ4n) is 1.78. The number of nitroso groups, excluding NO2 is 1. The Morgan fingerprint density at radius 1 is 1.38 bits per heavy atom. The van der Waals surface area contributed by atoms with Gasteiger partial charge in [-0.1, -0.05) is 0 Å². The van der Waals surface area contributed by atoms with Crippen LogP contribution < -0.4 is 5.32 Å². The van der Waals surface area contributed by atoms with Gasteiger partial charge in [0.15, 0.2) is 12.5 Å². The van der Waals surface area contributed by atoms with Gasteiger partial charge in [-0.15, -0.1) is 4.91 Å². The Morgan fingerprint density at radius 3 is 2.52 bits per heavy atom. The van der Waals surface area contributed by atoms with E-state index in [-0.39, 0.29) is 6.61 Å². The summed E-state index contributed by atoms with van der Waals surface area (Å²) in [5, 5.41) is 43.6. The van der Waals surface area contributed by atoms with E-state index in [0.29, 0.717) is 5.01 Å². The van der Waals surface area contributed by atoms with Gasteiger partial charge in [-0.3, -0.25) is 0 Å². The van der Waals surface area contributed by atoms with Crippen LogP contribution in [0.1, 0.15) is 6.92 Å². The van der Waals surface area contributed by atoms with Crippen molar-refractivity contribution < 1.29 is 34.7 Å². The molecule has 1 heterocycles. The smallest absolute Gasteiger partial charge is 0.342 e. The van der Waals surface area contributed by atoms with Crippen LogP contribution in [-0.4, -0.2) is 82.1 Å². The third-order valence-corrected chi connectivity index (χ3v) is 2.94. The number of carbonyl (C=O) groups excluding carboxylic acids is 1. The molecule has 11 nitrogen and oxygen atoms in total. The highest BCUT2D eigenvalue weighted by Gasteiger charge is 2.47. The van der Waals surface area contributed by atoms with Crippen LogP contribution in [-0.2, 0) is 9.47 Å². The molecule has 1 fully saturated rings. The second-order valence-electron chi connectivity index (χ2n) is 4.40. The molecule has 5 N–H and O–H groups in total. The Kier molecular flexibility index (Phi) is 6.39. The van der Waals surface area contributed by atoms with Gasteiger partial charge >= 0.3 is 6.03 Å². The van der Waals surface area contributed by atoms with Gasteiger partial charge in [0.05, 0.1) is 5.29 Å². The minimum Gasteiger partial charge on any atom is -0.387 e. The quantitative estimate of drug-likeness (QED) is 0.211. The fraction of sp³-hybridized carbons (Fsp3) is 0.900. The third-order valence-electron chi connectivity index (χ3n) is 2.94. The molecule has 6 atom stereocenters. The van der Waals surface area contributed by atoms with Gasteiger partial charge in [0, 0.05) is 13.7 Å². The number of nitrogens with zero attached hydrogens (tertiary/aromatic N) is 2. The summed E-state index contributed by atoms with van der Waals surface area (Å²) in [6, 6.07) is -1.04. The lowest BCUT2D eigenvalue weighted by Gasteiger charge is -2.41. The van der Waals surface area contributed by atoms with Crippen molar-refractivity contribution in [2.45, 2.75) is 43.9 Å². The molecule has 21 heavy (non-hydrogen) atoms. The summed E-state index contributed by atoms with van der Waals surface area (Å²) in [6.07, 6.45) is -9.36. The third kappa shape index (κ3) is 4.06. The average Bonchev–Trinajstić information content (AvgIpc) is 2.46. The number of amides is 2. The highest BCUT2D eigenvalue weighted by atomic mass is 16.7. The summed E-state index contributed by atoms with van der Waals surface area (Å²) < 4.78 is 10.1. The van der Waals surface area contributed by atoms with E-state index in [4.69, 9.17) is 9.47 Å². The first-order chi connectivity index (χ1) is 9.83. The molecule has 0 aromatic heterocycles. The number of rotatable bonds is 5. The molecule has 0 aromatic carbocycles. The number of aliphatic hydroxyl groups is 4. The minimum absolute atomic E-state index is 0.150. The van der Waals surface area contributed by atoms with E-state index in [2.05, 4.69) is 5.29 Å². The predicted molar refractivity (Wildman–Crippen MR) is 66.4 cm³/mol. The van der Waals surface area contributed by atoms with Gasteiger partial charge in [-0.25, -0.2) is 4.79 Å². The molecule has 0 aliphatic carbocycles. The van der Waals surface area contributed by atoms with Gasteiger partial charge < -0.3 is 35.2 Å². The van der Waals surface area contributed by atoms with E-state index in [1.165, 1.54) is 0 Å². The Labute approximate surface area is 120 Å². The van der Waals surface area contributed by atoms with Crippen molar-refractivity contribution in [3.05, 3.63) is 4.91 Å². The Hall–Kier alpha value is -1.37. The van der Waals surface area contributed by atoms with E-state index in [0.717, 1.165) is 7.05 Å². The van der Waals surface area contributed by atoms with Crippen molar-refractivity contribution in [2.24, 2.45) is 5.29 Å². The zero-order valence-corrected chi connectivity index (χ0v) is 11.5. The molecule has 1 aliphatic rings. The van der Waals surface area contributed by atoms with Crippen molar-refractivity contribution in [3.8, 4) is 0 Å². The number of hydrogen-bond donors (Lipinski definition) is 5. The first-order valence-corrected chi connectivity index (χ1v) is 6.20. The fourth-order valence-corrected chi connectivity index (χ4v) is 1.78. The van der Waals surface area contributed by atoms with Crippen LogP contribution in [0, 0.1) is 4.91 Å². The van der Waals surface area contributed by atoms with Crippen LogP contribution in [0.5, 0.6) is 0 Å². The van der Waals surface area contributed by atoms with E-state index in [1.807, 2.05) is 5.32 Å². The summed E-state index contributed by atoms with van der Waals surface area (Å²) in [5.41, 5.74) is 0. The van der Waals surface area contributed by atoms with Gasteiger partial charge in [0.25, 0.3) is 0 Å². The molecule has 0 saturated carbocycles. The topological polar surface area (TPSA) is 161 Å². The molecule has 1 rings (SSSR count). The summed E-state index contributed by atoms with van der Waals surface area (Å²) in [7, 11) is 1.05. The van der Waals surface area contributed by atoms with Gasteiger partial charge in [-0.05, 0) is 6.92 Å². The molecule has 1 unspecified atom stereocenters. The number of nitrogens with one attached hydrogen (secondary N) is 1.